The van der Waals surface area contributed by atoms with Gasteiger partial charge >= 0.3 is 0 Å². The Morgan fingerprint density at radius 3 is 2.51 bits per heavy atom. The summed E-state index contributed by atoms with van der Waals surface area (Å²) in [5.74, 6) is 3.37. The van der Waals surface area contributed by atoms with E-state index < -0.39 is 0 Å². The molecular formula is C34H52O3. The Kier molecular flexibility index (Phi) is 6.65. The first-order valence-corrected chi connectivity index (χ1v) is 15.7. The fourth-order valence-corrected chi connectivity index (χ4v) is 10.7. The molecule has 4 saturated carbocycles. The van der Waals surface area contributed by atoms with Gasteiger partial charge in [0.2, 0.25) is 0 Å². The van der Waals surface area contributed by atoms with Gasteiger partial charge in [-0.1, -0.05) is 84.2 Å². The third-order valence-electron chi connectivity index (χ3n) is 12.7. The van der Waals surface area contributed by atoms with E-state index in [1.54, 1.807) is 0 Å². The molecule has 1 saturated heterocycles. The molecule has 1 aromatic carbocycles. The van der Waals surface area contributed by atoms with Crippen molar-refractivity contribution in [3.05, 3.63) is 35.9 Å². The Hall–Kier alpha value is -0.900. The molecule has 0 spiro atoms. The predicted molar refractivity (Wildman–Crippen MR) is 149 cm³/mol. The van der Waals surface area contributed by atoms with Crippen LogP contribution in [0.25, 0.3) is 0 Å². The number of aliphatic hydroxyl groups excluding tert-OH is 1. The maximum Gasteiger partial charge on any atom is 0.128 e. The normalized spacial score (nSPS) is 47.1. The number of aliphatic hydroxyl groups is 1. The van der Waals surface area contributed by atoms with Gasteiger partial charge in [0.15, 0.2) is 0 Å². The number of hydrogen-bond donors (Lipinski definition) is 1. The molecule has 10 atom stereocenters. The number of benzene rings is 1. The summed E-state index contributed by atoms with van der Waals surface area (Å²) in [6.45, 7) is 13.0. The van der Waals surface area contributed by atoms with Crippen LogP contribution in [0.1, 0.15) is 111 Å². The number of fused-ring (bicyclic) bond motifs is 2. The fraction of sp³-hybridized carbons (Fsp3) is 0.824. The zero-order valence-electron chi connectivity index (χ0n) is 24.2. The molecule has 3 heteroatoms. The molecule has 4 aliphatic carbocycles. The van der Waals surface area contributed by atoms with E-state index >= 15 is 0 Å². The Bertz CT molecular complexity index is 961. The number of hydrogen-bond acceptors (Lipinski definition) is 3. The second-order valence-corrected chi connectivity index (χ2v) is 14.8. The summed E-state index contributed by atoms with van der Waals surface area (Å²) in [6.07, 6.45) is 13.3. The zero-order valence-corrected chi connectivity index (χ0v) is 24.2. The number of ether oxygens (including phenoxy) is 2. The largest absolute Gasteiger partial charge is 0.390 e. The van der Waals surface area contributed by atoms with Crippen molar-refractivity contribution in [1.29, 1.82) is 0 Å². The summed E-state index contributed by atoms with van der Waals surface area (Å²) in [5, 5.41) is 11.9. The van der Waals surface area contributed by atoms with Gasteiger partial charge in [0.05, 0.1) is 18.8 Å². The first-order valence-electron chi connectivity index (χ1n) is 15.7. The molecule has 5 aliphatic rings. The van der Waals surface area contributed by atoms with Crippen molar-refractivity contribution < 1.29 is 14.6 Å². The average molecular weight is 509 g/mol. The predicted octanol–water partition coefficient (Wildman–Crippen LogP) is 7.94. The molecule has 5 fully saturated rings. The second kappa shape index (κ2) is 9.34. The minimum atomic E-state index is -0.321. The van der Waals surface area contributed by atoms with Gasteiger partial charge in [-0.25, -0.2) is 0 Å². The molecule has 1 N–H and O–H groups in total. The van der Waals surface area contributed by atoms with Crippen LogP contribution in [0.15, 0.2) is 30.3 Å². The highest BCUT2D eigenvalue weighted by Gasteiger charge is 2.88. The molecule has 6 rings (SSSR count). The maximum absolute atomic E-state index is 11.9. The van der Waals surface area contributed by atoms with E-state index in [2.05, 4.69) is 65.0 Å². The summed E-state index contributed by atoms with van der Waals surface area (Å²) in [4.78, 5) is 0. The van der Waals surface area contributed by atoms with Crippen molar-refractivity contribution in [3.8, 4) is 0 Å². The summed E-state index contributed by atoms with van der Waals surface area (Å²) in [6, 6.07) is 10.6. The molecule has 0 bridgehead atoms. The lowest BCUT2D eigenvalue weighted by atomic mass is 9.43. The van der Waals surface area contributed by atoms with Gasteiger partial charge in [0.1, 0.15) is 11.2 Å². The van der Waals surface area contributed by atoms with Crippen LogP contribution in [0, 0.1) is 40.4 Å². The Morgan fingerprint density at radius 1 is 0.973 bits per heavy atom. The highest BCUT2D eigenvalue weighted by Crippen LogP contribution is 2.81. The van der Waals surface area contributed by atoms with Crippen LogP contribution in [0.5, 0.6) is 0 Å². The second-order valence-electron chi connectivity index (χ2n) is 14.8. The van der Waals surface area contributed by atoms with Gasteiger partial charge < -0.3 is 14.6 Å². The van der Waals surface area contributed by atoms with Crippen LogP contribution < -0.4 is 0 Å². The average Bonchev–Trinajstić information content (AvgIpc) is 3.48. The molecule has 10 unspecified atom stereocenters. The molecule has 1 aliphatic heterocycles. The summed E-state index contributed by atoms with van der Waals surface area (Å²) >= 11 is 0. The van der Waals surface area contributed by atoms with Crippen LogP contribution in [0.4, 0.5) is 0 Å². The van der Waals surface area contributed by atoms with Crippen LogP contribution in [0.2, 0.25) is 0 Å². The molecule has 1 aromatic rings. The number of rotatable bonds is 8. The van der Waals surface area contributed by atoms with E-state index in [1.807, 2.05) is 0 Å². The standard InChI is InChI=1S/C34H52O3/c1-23(2)10-9-11-24(3)28-14-15-29-31(28,4)18-19-33-32(5)17-16-27(36-22-25-12-7-6-8-13-25)20-26(32)21-30(35)34(29,33)37-33/h6-8,12-13,23-24,26-30,35H,9-11,14-22H2,1-5H3. The Morgan fingerprint density at radius 2 is 1.76 bits per heavy atom. The minimum absolute atomic E-state index is 0.104. The van der Waals surface area contributed by atoms with Crippen LogP contribution in [-0.4, -0.2) is 28.5 Å². The van der Waals surface area contributed by atoms with Gasteiger partial charge in [-0.05, 0) is 91.9 Å². The van der Waals surface area contributed by atoms with E-state index in [0.29, 0.717) is 30.0 Å². The molecular weight excluding hydrogens is 456 g/mol. The summed E-state index contributed by atoms with van der Waals surface area (Å²) < 4.78 is 13.5. The molecule has 37 heavy (non-hydrogen) atoms. The number of epoxide rings is 1. The third kappa shape index (κ3) is 3.84. The van der Waals surface area contributed by atoms with E-state index in [9.17, 15) is 5.11 Å². The lowest BCUT2D eigenvalue weighted by Gasteiger charge is -2.58. The van der Waals surface area contributed by atoms with Gasteiger partial charge in [-0.15, -0.1) is 0 Å². The molecule has 0 radical (unpaired) electrons. The van der Waals surface area contributed by atoms with Gasteiger partial charge in [0.25, 0.3) is 0 Å². The molecule has 0 amide bonds. The van der Waals surface area contributed by atoms with E-state index in [4.69, 9.17) is 9.47 Å². The van der Waals surface area contributed by atoms with Crippen molar-refractivity contribution in [2.75, 3.05) is 0 Å². The topological polar surface area (TPSA) is 42.0 Å². The van der Waals surface area contributed by atoms with Crippen LogP contribution in [0.3, 0.4) is 0 Å². The fourth-order valence-electron chi connectivity index (χ4n) is 10.7. The Labute approximate surface area is 226 Å². The highest BCUT2D eigenvalue weighted by molar-refractivity contribution is 5.36. The van der Waals surface area contributed by atoms with Crippen molar-refractivity contribution in [1.82, 2.24) is 0 Å². The lowest BCUT2D eigenvalue weighted by Crippen LogP contribution is -2.64. The van der Waals surface area contributed by atoms with E-state index in [1.165, 1.54) is 50.5 Å². The Balaban J connectivity index is 1.16. The monoisotopic (exact) mass is 508 g/mol. The quantitative estimate of drug-likeness (QED) is 0.362. The van der Waals surface area contributed by atoms with Crippen molar-refractivity contribution in [2.45, 2.75) is 135 Å². The van der Waals surface area contributed by atoms with Gasteiger partial charge in [-0.2, -0.15) is 0 Å². The van der Waals surface area contributed by atoms with Gasteiger partial charge in [-0.3, -0.25) is 0 Å². The first-order chi connectivity index (χ1) is 17.7. The summed E-state index contributed by atoms with van der Waals surface area (Å²) in [5.41, 5.74) is 1.35. The molecule has 206 valence electrons. The summed E-state index contributed by atoms with van der Waals surface area (Å²) in [7, 11) is 0. The SMILES string of the molecule is CC(C)CCCC(C)C1CCC2C1(C)CCC13OC21C(O)CC1CC(OCc2ccccc2)CCC13C. The first kappa shape index (κ1) is 26.3. The minimum Gasteiger partial charge on any atom is -0.390 e. The van der Waals surface area contributed by atoms with Crippen molar-refractivity contribution in [2.24, 2.45) is 40.4 Å². The van der Waals surface area contributed by atoms with Crippen LogP contribution in [-0.2, 0) is 16.1 Å². The smallest absolute Gasteiger partial charge is 0.128 e. The van der Waals surface area contributed by atoms with E-state index in [-0.39, 0.29) is 22.7 Å². The van der Waals surface area contributed by atoms with Crippen LogP contribution >= 0.6 is 0 Å². The van der Waals surface area contributed by atoms with Crippen molar-refractivity contribution in [3.63, 3.8) is 0 Å². The van der Waals surface area contributed by atoms with Crippen molar-refractivity contribution >= 4 is 0 Å². The van der Waals surface area contributed by atoms with Gasteiger partial charge in [0, 0.05) is 5.41 Å². The van der Waals surface area contributed by atoms with E-state index in [0.717, 1.165) is 43.4 Å². The maximum atomic E-state index is 11.9. The molecule has 1 heterocycles. The lowest BCUT2D eigenvalue weighted by molar-refractivity contribution is -0.126. The molecule has 0 aromatic heterocycles. The third-order valence-corrected chi connectivity index (χ3v) is 12.7. The molecule has 3 nitrogen and oxygen atoms in total. The zero-order chi connectivity index (χ0) is 26.1. The highest BCUT2D eigenvalue weighted by atomic mass is 16.6.